The third kappa shape index (κ3) is 4.73. The number of aromatic nitrogens is 3. The summed E-state index contributed by atoms with van der Waals surface area (Å²) in [7, 11) is -3.46. The summed E-state index contributed by atoms with van der Waals surface area (Å²) in [6, 6.07) is 1.63. The number of hydrogen-bond acceptors (Lipinski definition) is 8. The zero-order valence-electron chi connectivity index (χ0n) is 18.2. The van der Waals surface area contributed by atoms with Gasteiger partial charge in [-0.1, -0.05) is 12.1 Å². The number of anilines is 1. The van der Waals surface area contributed by atoms with Crippen molar-refractivity contribution in [3.05, 3.63) is 29.4 Å². The fourth-order valence-electron chi connectivity index (χ4n) is 4.45. The minimum absolute atomic E-state index is 0.0470. The lowest BCUT2D eigenvalue weighted by atomic mass is 9.93. The van der Waals surface area contributed by atoms with Gasteiger partial charge in [-0.15, -0.1) is 0 Å². The Bertz CT molecular complexity index is 1060. The molecule has 0 N–H and O–H groups in total. The standard InChI is InChI=1S/C21H29N5O4S/c1-14-5-4-8-26(13-14)21-22-12-18(31(3,28)29)19(23-21)16-6-9-25(10-7-16)20(27)17-11-15(2)24-30-17/h11-12,14,16H,4-10,13H2,1-3H3. The Kier molecular flexibility index (Phi) is 6.00. The maximum atomic E-state index is 12.6. The Hall–Kier alpha value is -2.49. The molecule has 168 valence electrons. The summed E-state index contributed by atoms with van der Waals surface area (Å²) in [5, 5.41) is 3.78. The summed E-state index contributed by atoms with van der Waals surface area (Å²) in [5.74, 6) is 1.16. The molecule has 0 aliphatic carbocycles. The Morgan fingerprint density at radius 3 is 2.55 bits per heavy atom. The van der Waals surface area contributed by atoms with Gasteiger partial charge >= 0.3 is 0 Å². The zero-order chi connectivity index (χ0) is 22.2. The molecule has 9 nitrogen and oxygen atoms in total. The second kappa shape index (κ2) is 8.57. The average molecular weight is 448 g/mol. The topological polar surface area (TPSA) is 110 Å². The van der Waals surface area contributed by atoms with Crippen molar-refractivity contribution in [3.8, 4) is 0 Å². The predicted molar refractivity (Wildman–Crippen MR) is 115 cm³/mol. The first kappa shape index (κ1) is 21.7. The molecule has 0 spiro atoms. The number of hydrogen-bond donors (Lipinski definition) is 0. The number of amides is 1. The molecule has 4 rings (SSSR count). The van der Waals surface area contributed by atoms with Crippen LogP contribution in [0.1, 0.15) is 60.5 Å². The predicted octanol–water partition coefficient (Wildman–Crippen LogP) is 2.43. The van der Waals surface area contributed by atoms with Gasteiger partial charge in [-0.25, -0.2) is 18.4 Å². The van der Waals surface area contributed by atoms with Gasteiger partial charge in [-0.05, 0) is 38.5 Å². The molecular formula is C21H29N5O4S. The molecular weight excluding hydrogens is 418 g/mol. The highest BCUT2D eigenvalue weighted by atomic mass is 32.2. The maximum Gasteiger partial charge on any atom is 0.292 e. The van der Waals surface area contributed by atoms with Crippen LogP contribution >= 0.6 is 0 Å². The van der Waals surface area contributed by atoms with Crippen molar-refractivity contribution >= 4 is 21.7 Å². The van der Waals surface area contributed by atoms with Crippen molar-refractivity contribution in [3.63, 3.8) is 0 Å². The molecule has 10 heteroatoms. The van der Waals surface area contributed by atoms with Crippen LogP contribution in [0.5, 0.6) is 0 Å². The van der Waals surface area contributed by atoms with Crippen molar-refractivity contribution in [1.29, 1.82) is 0 Å². The molecule has 0 bridgehead atoms. The maximum absolute atomic E-state index is 12.6. The molecule has 1 amide bonds. The van der Waals surface area contributed by atoms with Gasteiger partial charge in [0.1, 0.15) is 4.90 Å². The summed E-state index contributed by atoms with van der Waals surface area (Å²) in [6.45, 7) is 6.75. The molecule has 2 fully saturated rings. The van der Waals surface area contributed by atoms with Crippen LogP contribution in [-0.4, -0.2) is 66.8 Å². The third-order valence-corrected chi connectivity index (χ3v) is 7.23. The van der Waals surface area contributed by atoms with Gasteiger partial charge in [0.15, 0.2) is 9.84 Å². The minimum atomic E-state index is -3.46. The molecule has 4 heterocycles. The van der Waals surface area contributed by atoms with Crippen LogP contribution in [0.2, 0.25) is 0 Å². The van der Waals surface area contributed by atoms with Gasteiger partial charge in [0.2, 0.25) is 11.7 Å². The Morgan fingerprint density at radius 1 is 1.19 bits per heavy atom. The number of sulfone groups is 1. The number of rotatable bonds is 4. The second-order valence-electron chi connectivity index (χ2n) is 8.78. The number of likely N-dealkylation sites (tertiary alicyclic amines) is 1. The summed E-state index contributed by atoms with van der Waals surface area (Å²) in [6.07, 6.45) is 6.18. The van der Waals surface area contributed by atoms with Crippen LogP contribution in [0.4, 0.5) is 5.95 Å². The number of nitrogens with zero attached hydrogens (tertiary/aromatic N) is 5. The summed E-state index contributed by atoms with van der Waals surface area (Å²) < 4.78 is 29.9. The van der Waals surface area contributed by atoms with E-state index in [4.69, 9.17) is 9.51 Å². The Morgan fingerprint density at radius 2 is 1.94 bits per heavy atom. The average Bonchev–Trinajstić information content (AvgIpc) is 3.18. The molecule has 0 saturated carbocycles. The van der Waals surface area contributed by atoms with E-state index in [0.717, 1.165) is 19.5 Å². The van der Waals surface area contributed by atoms with Crippen molar-refractivity contribution in [2.45, 2.75) is 50.3 Å². The SMILES string of the molecule is Cc1cc(C(=O)N2CCC(c3nc(N4CCCC(C)C4)ncc3S(C)(=O)=O)CC2)on1. The van der Waals surface area contributed by atoms with Crippen LogP contribution in [0.15, 0.2) is 21.7 Å². The van der Waals surface area contributed by atoms with E-state index in [-0.39, 0.29) is 22.5 Å². The van der Waals surface area contributed by atoms with E-state index in [1.54, 1.807) is 17.9 Å². The van der Waals surface area contributed by atoms with Crippen molar-refractivity contribution in [2.24, 2.45) is 5.92 Å². The highest BCUT2D eigenvalue weighted by Gasteiger charge is 2.31. The first-order valence-electron chi connectivity index (χ1n) is 10.8. The molecule has 2 aromatic rings. The summed E-state index contributed by atoms with van der Waals surface area (Å²) in [4.78, 5) is 25.9. The lowest BCUT2D eigenvalue weighted by molar-refractivity contribution is 0.0669. The van der Waals surface area contributed by atoms with Crippen LogP contribution < -0.4 is 4.90 Å². The second-order valence-corrected chi connectivity index (χ2v) is 10.8. The molecule has 0 aromatic carbocycles. The minimum Gasteiger partial charge on any atom is -0.351 e. The van der Waals surface area contributed by atoms with E-state index in [0.29, 0.717) is 49.2 Å². The van der Waals surface area contributed by atoms with Crippen LogP contribution in [-0.2, 0) is 9.84 Å². The highest BCUT2D eigenvalue weighted by molar-refractivity contribution is 7.90. The Balaban J connectivity index is 1.55. The third-order valence-electron chi connectivity index (χ3n) is 6.12. The normalized spacial score (nSPS) is 20.8. The number of piperidine rings is 2. The van der Waals surface area contributed by atoms with Crippen LogP contribution in [0, 0.1) is 12.8 Å². The largest absolute Gasteiger partial charge is 0.351 e. The smallest absolute Gasteiger partial charge is 0.292 e. The van der Waals surface area contributed by atoms with E-state index < -0.39 is 9.84 Å². The van der Waals surface area contributed by atoms with Gasteiger partial charge < -0.3 is 14.3 Å². The monoisotopic (exact) mass is 447 g/mol. The van der Waals surface area contributed by atoms with E-state index in [9.17, 15) is 13.2 Å². The number of aryl methyl sites for hydroxylation is 1. The van der Waals surface area contributed by atoms with E-state index in [1.807, 2.05) is 0 Å². The molecule has 1 atom stereocenters. The van der Waals surface area contributed by atoms with Crippen molar-refractivity contribution < 1.29 is 17.7 Å². The number of carbonyl (C=O) groups is 1. The lowest BCUT2D eigenvalue weighted by Gasteiger charge is -2.33. The van der Waals surface area contributed by atoms with Gasteiger partial charge in [-0.2, -0.15) is 0 Å². The molecule has 0 radical (unpaired) electrons. The first-order chi connectivity index (χ1) is 14.7. The highest BCUT2D eigenvalue weighted by Crippen LogP contribution is 2.33. The zero-order valence-corrected chi connectivity index (χ0v) is 19.1. The van der Waals surface area contributed by atoms with Crippen LogP contribution in [0.25, 0.3) is 0 Å². The molecule has 1 unspecified atom stereocenters. The van der Waals surface area contributed by atoms with Crippen molar-refractivity contribution in [2.75, 3.05) is 37.3 Å². The van der Waals surface area contributed by atoms with Gasteiger partial charge in [0, 0.05) is 44.4 Å². The van der Waals surface area contributed by atoms with Gasteiger partial charge in [0.25, 0.3) is 5.91 Å². The van der Waals surface area contributed by atoms with Gasteiger partial charge in [0.05, 0.1) is 17.6 Å². The molecule has 2 aliphatic heterocycles. The summed E-state index contributed by atoms with van der Waals surface area (Å²) in [5.41, 5.74) is 1.24. The fraction of sp³-hybridized carbons (Fsp3) is 0.619. The van der Waals surface area contributed by atoms with Crippen molar-refractivity contribution in [1.82, 2.24) is 20.0 Å². The van der Waals surface area contributed by atoms with E-state index in [2.05, 4.69) is 22.0 Å². The molecule has 2 aliphatic rings. The van der Waals surface area contributed by atoms with Gasteiger partial charge in [-0.3, -0.25) is 4.79 Å². The number of carbonyl (C=O) groups excluding carboxylic acids is 1. The quantitative estimate of drug-likeness (QED) is 0.703. The molecule has 2 saturated heterocycles. The first-order valence-corrected chi connectivity index (χ1v) is 12.7. The molecule has 2 aromatic heterocycles. The fourth-order valence-corrected chi connectivity index (χ4v) is 5.29. The molecule has 31 heavy (non-hydrogen) atoms. The van der Waals surface area contributed by atoms with E-state index >= 15 is 0 Å². The van der Waals surface area contributed by atoms with E-state index in [1.165, 1.54) is 18.9 Å². The lowest BCUT2D eigenvalue weighted by Crippen LogP contribution is -2.38. The summed E-state index contributed by atoms with van der Waals surface area (Å²) >= 11 is 0. The van der Waals surface area contributed by atoms with Crippen LogP contribution in [0.3, 0.4) is 0 Å². The Labute approximate surface area is 182 Å².